The van der Waals surface area contributed by atoms with Crippen molar-refractivity contribution in [3.05, 3.63) is 0 Å². The van der Waals surface area contributed by atoms with Crippen LogP contribution in [-0.2, 0) is 0 Å². The molecule has 1 heteroatoms. The molecule has 1 unspecified atom stereocenters. The van der Waals surface area contributed by atoms with Gasteiger partial charge in [-0.15, -0.1) is 0 Å². The molecule has 1 atom stereocenters. The molecule has 0 aromatic heterocycles. The summed E-state index contributed by atoms with van der Waals surface area (Å²) in [5, 5.41) is 3.67. The molecule has 0 bridgehead atoms. The second-order valence-electron chi connectivity index (χ2n) is 5.92. The monoisotopic (exact) mass is 223 g/mol. The Kier molecular flexibility index (Phi) is 5.68. The van der Waals surface area contributed by atoms with E-state index in [-0.39, 0.29) is 0 Å². The molecular weight excluding hydrogens is 194 g/mol. The third-order valence-electron chi connectivity index (χ3n) is 4.65. The highest BCUT2D eigenvalue weighted by molar-refractivity contribution is 4.76. The molecule has 1 heterocycles. The third-order valence-corrected chi connectivity index (χ3v) is 4.65. The largest absolute Gasteiger partial charge is 0.316 e. The molecule has 1 N–H and O–H groups in total. The van der Waals surface area contributed by atoms with Crippen LogP contribution in [0.2, 0.25) is 0 Å². The van der Waals surface area contributed by atoms with Gasteiger partial charge in [0.1, 0.15) is 0 Å². The molecular formula is C15H29N. The molecule has 16 heavy (non-hydrogen) atoms. The van der Waals surface area contributed by atoms with E-state index in [0.29, 0.717) is 0 Å². The SMILES string of the molecule is C1CCCC(C2CCCCCNC2)CCC1. The van der Waals surface area contributed by atoms with Gasteiger partial charge in [-0.1, -0.05) is 57.8 Å². The van der Waals surface area contributed by atoms with Crippen LogP contribution in [0.4, 0.5) is 0 Å². The van der Waals surface area contributed by atoms with Gasteiger partial charge in [0.15, 0.2) is 0 Å². The highest BCUT2D eigenvalue weighted by atomic mass is 14.9. The Morgan fingerprint density at radius 3 is 1.88 bits per heavy atom. The highest BCUT2D eigenvalue weighted by Gasteiger charge is 2.22. The Morgan fingerprint density at radius 2 is 1.12 bits per heavy atom. The van der Waals surface area contributed by atoms with Gasteiger partial charge >= 0.3 is 0 Å². The summed E-state index contributed by atoms with van der Waals surface area (Å²) in [6, 6.07) is 0. The predicted molar refractivity (Wildman–Crippen MR) is 70.6 cm³/mol. The van der Waals surface area contributed by atoms with E-state index in [2.05, 4.69) is 5.32 Å². The molecule has 1 nitrogen and oxygen atoms in total. The fraction of sp³-hybridized carbons (Fsp3) is 1.00. The maximum atomic E-state index is 3.67. The van der Waals surface area contributed by atoms with Crippen LogP contribution in [0.3, 0.4) is 0 Å². The quantitative estimate of drug-likeness (QED) is 0.705. The first-order valence-electron chi connectivity index (χ1n) is 7.67. The number of hydrogen-bond acceptors (Lipinski definition) is 1. The molecule has 2 rings (SSSR count). The van der Waals surface area contributed by atoms with Gasteiger partial charge in [0.2, 0.25) is 0 Å². The van der Waals surface area contributed by atoms with Crippen molar-refractivity contribution in [3.63, 3.8) is 0 Å². The van der Waals surface area contributed by atoms with E-state index >= 15 is 0 Å². The van der Waals surface area contributed by atoms with Gasteiger partial charge in [-0.25, -0.2) is 0 Å². The lowest BCUT2D eigenvalue weighted by molar-refractivity contribution is 0.232. The summed E-state index contributed by atoms with van der Waals surface area (Å²) in [6.45, 7) is 2.58. The molecule has 1 aliphatic carbocycles. The second kappa shape index (κ2) is 7.32. The summed E-state index contributed by atoms with van der Waals surface area (Å²) < 4.78 is 0. The van der Waals surface area contributed by atoms with Crippen molar-refractivity contribution in [3.8, 4) is 0 Å². The summed E-state index contributed by atoms with van der Waals surface area (Å²) in [4.78, 5) is 0. The van der Waals surface area contributed by atoms with Crippen LogP contribution in [-0.4, -0.2) is 13.1 Å². The van der Waals surface area contributed by atoms with E-state index in [1.54, 1.807) is 0 Å². The van der Waals surface area contributed by atoms with Crippen molar-refractivity contribution in [2.24, 2.45) is 11.8 Å². The van der Waals surface area contributed by atoms with Gasteiger partial charge in [-0.05, 0) is 37.8 Å². The van der Waals surface area contributed by atoms with Gasteiger partial charge in [-0.2, -0.15) is 0 Å². The Bertz CT molecular complexity index is 142. The zero-order chi connectivity index (χ0) is 11.1. The van der Waals surface area contributed by atoms with Crippen LogP contribution >= 0.6 is 0 Å². The van der Waals surface area contributed by atoms with E-state index in [1.807, 2.05) is 0 Å². The van der Waals surface area contributed by atoms with Crippen molar-refractivity contribution in [2.75, 3.05) is 13.1 Å². The first-order chi connectivity index (χ1) is 7.97. The average molecular weight is 223 g/mol. The fourth-order valence-electron chi connectivity index (χ4n) is 3.58. The minimum Gasteiger partial charge on any atom is -0.316 e. The normalized spacial score (nSPS) is 31.1. The molecule has 0 aromatic rings. The van der Waals surface area contributed by atoms with Crippen LogP contribution in [0.5, 0.6) is 0 Å². The zero-order valence-corrected chi connectivity index (χ0v) is 10.8. The van der Waals surface area contributed by atoms with Crippen LogP contribution in [0, 0.1) is 11.8 Å². The Morgan fingerprint density at radius 1 is 0.562 bits per heavy atom. The topological polar surface area (TPSA) is 12.0 Å². The van der Waals surface area contributed by atoms with E-state index in [0.717, 1.165) is 11.8 Å². The first-order valence-corrected chi connectivity index (χ1v) is 7.67. The van der Waals surface area contributed by atoms with Crippen LogP contribution in [0.25, 0.3) is 0 Å². The van der Waals surface area contributed by atoms with Crippen molar-refractivity contribution in [1.29, 1.82) is 0 Å². The molecule has 0 radical (unpaired) electrons. The lowest BCUT2D eigenvalue weighted by Crippen LogP contribution is -2.31. The summed E-state index contributed by atoms with van der Waals surface area (Å²) >= 11 is 0. The number of rotatable bonds is 1. The van der Waals surface area contributed by atoms with E-state index < -0.39 is 0 Å². The molecule has 2 fully saturated rings. The maximum absolute atomic E-state index is 3.67. The number of hydrogen-bond donors (Lipinski definition) is 1. The van der Waals surface area contributed by atoms with Crippen LogP contribution < -0.4 is 5.32 Å². The summed E-state index contributed by atoms with van der Waals surface area (Å²) in [7, 11) is 0. The van der Waals surface area contributed by atoms with Gasteiger partial charge in [0.25, 0.3) is 0 Å². The maximum Gasteiger partial charge on any atom is -0.00179 e. The smallest absolute Gasteiger partial charge is 0.00179 e. The molecule has 0 aromatic carbocycles. The third kappa shape index (κ3) is 4.08. The summed E-state index contributed by atoms with van der Waals surface area (Å²) in [5.74, 6) is 2.05. The van der Waals surface area contributed by atoms with Crippen molar-refractivity contribution < 1.29 is 0 Å². The Labute approximate surface area is 101 Å². The standard InChI is InChI=1S/C15H29N/c1-2-5-9-14(10-6-3-1)15-11-7-4-8-12-16-13-15/h14-16H,1-13H2. The summed E-state index contributed by atoms with van der Waals surface area (Å²) in [6.07, 6.45) is 16.4. The van der Waals surface area contributed by atoms with Crippen LogP contribution in [0.1, 0.15) is 70.6 Å². The van der Waals surface area contributed by atoms with Gasteiger partial charge in [0, 0.05) is 0 Å². The first kappa shape index (κ1) is 12.4. The molecule has 2 aliphatic rings. The van der Waals surface area contributed by atoms with Crippen molar-refractivity contribution in [2.45, 2.75) is 70.6 Å². The minimum absolute atomic E-state index is 0.999. The Balaban J connectivity index is 1.81. The van der Waals surface area contributed by atoms with Gasteiger partial charge in [-0.3, -0.25) is 0 Å². The lowest BCUT2D eigenvalue weighted by atomic mass is 9.79. The highest BCUT2D eigenvalue weighted by Crippen LogP contribution is 2.31. The number of nitrogens with one attached hydrogen (secondary N) is 1. The van der Waals surface area contributed by atoms with E-state index in [4.69, 9.17) is 0 Å². The lowest BCUT2D eigenvalue weighted by Gasteiger charge is -2.30. The fourth-order valence-corrected chi connectivity index (χ4v) is 3.58. The van der Waals surface area contributed by atoms with Crippen molar-refractivity contribution >= 4 is 0 Å². The van der Waals surface area contributed by atoms with E-state index in [1.165, 1.54) is 83.7 Å². The minimum atomic E-state index is 0.999. The summed E-state index contributed by atoms with van der Waals surface area (Å²) in [5.41, 5.74) is 0. The van der Waals surface area contributed by atoms with E-state index in [9.17, 15) is 0 Å². The molecule has 1 saturated carbocycles. The average Bonchev–Trinajstić information content (AvgIpc) is 2.18. The van der Waals surface area contributed by atoms with Gasteiger partial charge in [0.05, 0.1) is 0 Å². The van der Waals surface area contributed by atoms with Crippen LogP contribution in [0.15, 0.2) is 0 Å². The Hall–Kier alpha value is -0.0400. The molecule has 0 spiro atoms. The molecule has 1 aliphatic heterocycles. The zero-order valence-electron chi connectivity index (χ0n) is 10.8. The molecule has 0 amide bonds. The predicted octanol–water partition coefficient (Wildman–Crippen LogP) is 4.13. The second-order valence-corrected chi connectivity index (χ2v) is 5.92. The molecule has 94 valence electrons. The van der Waals surface area contributed by atoms with Crippen molar-refractivity contribution in [1.82, 2.24) is 5.32 Å². The molecule has 1 saturated heterocycles. The van der Waals surface area contributed by atoms with Gasteiger partial charge < -0.3 is 5.32 Å².